The van der Waals surface area contributed by atoms with Gasteiger partial charge in [-0.05, 0) is 65.6 Å². The first kappa shape index (κ1) is 20.3. The number of rotatable bonds is 7. The van der Waals surface area contributed by atoms with Gasteiger partial charge in [0.25, 0.3) is 0 Å². The molecule has 0 aromatic heterocycles. The molecule has 1 aliphatic heterocycles. The van der Waals surface area contributed by atoms with Crippen molar-refractivity contribution in [2.24, 2.45) is 5.92 Å². The van der Waals surface area contributed by atoms with Gasteiger partial charge in [0, 0.05) is 35.6 Å². The first-order valence-corrected chi connectivity index (χ1v) is 10.4. The van der Waals surface area contributed by atoms with Gasteiger partial charge in [0.2, 0.25) is 0 Å². The monoisotopic (exact) mass is 400 g/mol. The fraction of sp³-hybridized carbons (Fsp3) is 0.391. The van der Waals surface area contributed by atoms with E-state index in [1.165, 1.54) is 41.2 Å². The first-order chi connectivity index (χ1) is 12.6. The van der Waals surface area contributed by atoms with Gasteiger partial charge in [0.15, 0.2) is 0 Å². The molecule has 2 aromatic carbocycles. The van der Waals surface area contributed by atoms with Crippen LogP contribution in [0.3, 0.4) is 0 Å². The Balaban J connectivity index is 0.00000210. The molecule has 4 heteroatoms. The summed E-state index contributed by atoms with van der Waals surface area (Å²) in [4.78, 5) is 3.78. The summed E-state index contributed by atoms with van der Waals surface area (Å²) in [5.74, 6) is 1.42. The van der Waals surface area contributed by atoms with Crippen molar-refractivity contribution in [3.63, 3.8) is 0 Å². The quantitative estimate of drug-likeness (QED) is 0.445. The van der Waals surface area contributed by atoms with Crippen LogP contribution >= 0.6 is 24.4 Å². The Labute approximate surface area is 174 Å². The molecule has 2 fully saturated rings. The number of fused-ring (bicyclic) bond motifs is 1. The third-order valence-corrected chi connectivity index (χ3v) is 6.74. The van der Waals surface area contributed by atoms with E-state index >= 15 is 0 Å². The van der Waals surface area contributed by atoms with E-state index in [1.54, 1.807) is 11.9 Å². The van der Waals surface area contributed by atoms with Crippen LogP contribution < -0.4 is 4.72 Å². The number of likely N-dealkylation sites (tertiary alicyclic amines) is 1. The standard InChI is InChI=1S/C23H28N2S.ClH/c1-4-13-25-15-20-14-23(20,16-25)19-7-9-21(10-8-19)24-26-22-11-5-18(6-12-22)17(2)3;/h4-12,17,20,24H,1,13-16H2,2-3H3;1H/t20-,23+;/m1./s1. The van der Waals surface area contributed by atoms with Gasteiger partial charge in [-0.15, -0.1) is 19.0 Å². The Kier molecular flexibility index (Phi) is 6.25. The van der Waals surface area contributed by atoms with Crippen molar-refractivity contribution >= 4 is 30.0 Å². The molecule has 2 nitrogen and oxygen atoms in total. The highest BCUT2D eigenvalue weighted by atomic mass is 35.5. The van der Waals surface area contributed by atoms with Crippen molar-refractivity contribution in [2.75, 3.05) is 24.4 Å². The molecule has 4 rings (SSSR count). The van der Waals surface area contributed by atoms with Gasteiger partial charge in [-0.2, -0.15) is 0 Å². The van der Waals surface area contributed by atoms with Crippen LogP contribution in [-0.4, -0.2) is 24.5 Å². The highest BCUT2D eigenvalue weighted by Crippen LogP contribution is 2.59. The molecule has 1 saturated heterocycles. The Morgan fingerprint density at radius 1 is 1.19 bits per heavy atom. The Morgan fingerprint density at radius 3 is 2.52 bits per heavy atom. The molecule has 0 amide bonds. The molecule has 1 heterocycles. The van der Waals surface area contributed by atoms with Crippen molar-refractivity contribution in [1.29, 1.82) is 0 Å². The fourth-order valence-electron chi connectivity index (χ4n) is 4.26. The van der Waals surface area contributed by atoms with E-state index in [9.17, 15) is 0 Å². The average Bonchev–Trinajstić information content (AvgIpc) is 3.23. The van der Waals surface area contributed by atoms with Crippen molar-refractivity contribution < 1.29 is 0 Å². The van der Waals surface area contributed by atoms with E-state index < -0.39 is 0 Å². The third-order valence-electron chi connectivity index (χ3n) is 5.90. The lowest BCUT2D eigenvalue weighted by Gasteiger charge is -2.19. The Morgan fingerprint density at radius 2 is 1.89 bits per heavy atom. The van der Waals surface area contributed by atoms with E-state index in [-0.39, 0.29) is 12.4 Å². The fourth-order valence-corrected chi connectivity index (χ4v) is 4.91. The summed E-state index contributed by atoms with van der Waals surface area (Å²) < 4.78 is 3.48. The van der Waals surface area contributed by atoms with Gasteiger partial charge in [0.1, 0.15) is 0 Å². The lowest BCUT2D eigenvalue weighted by molar-refractivity contribution is 0.330. The maximum absolute atomic E-state index is 3.88. The zero-order chi connectivity index (χ0) is 18.1. The number of nitrogens with one attached hydrogen (secondary N) is 1. The molecular weight excluding hydrogens is 372 g/mol. The summed E-state index contributed by atoms with van der Waals surface area (Å²) in [6.45, 7) is 11.8. The number of anilines is 1. The zero-order valence-electron chi connectivity index (χ0n) is 16.2. The Bertz CT molecular complexity index is 772. The van der Waals surface area contributed by atoms with E-state index in [2.05, 4.69) is 78.6 Å². The maximum atomic E-state index is 3.88. The smallest absolute Gasteiger partial charge is 0.0443 e. The zero-order valence-corrected chi connectivity index (χ0v) is 17.8. The highest BCUT2D eigenvalue weighted by molar-refractivity contribution is 8.00. The second-order valence-electron chi connectivity index (χ2n) is 8.05. The van der Waals surface area contributed by atoms with Crippen LogP contribution in [0.25, 0.3) is 0 Å². The number of hydrogen-bond acceptors (Lipinski definition) is 3. The SMILES string of the molecule is C=CCN1C[C@H]2C[C@@]2(c2ccc(NSc3ccc(C(C)C)cc3)cc2)C1.Cl. The molecule has 0 unspecified atom stereocenters. The largest absolute Gasteiger partial charge is 0.326 e. The lowest BCUT2D eigenvalue weighted by Crippen LogP contribution is -2.26. The van der Waals surface area contributed by atoms with Gasteiger partial charge < -0.3 is 4.72 Å². The molecule has 0 spiro atoms. The van der Waals surface area contributed by atoms with Crippen LogP contribution in [0.4, 0.5) is 5.69 Å². The van der Waals surface area contributed by atoms with Gasteiger partial charge >= 0.3 is 0 Å². The predicted octanol–water partition coefficient (Wildman–Crippen LogP) is 6.11. The normalized spacial score (nSPS) is 23.6. The van der Waals surface area contributed by atoms with Crippen molar-refractivity contribution in [3.8, 4) is 0 Å². The Hall–Kier alpha value is -1.42. The van der Waals surface area contributed by atoms with Crippen molar-refractivity contribution in [1.82, 2.24) is 4.90 Å². The molecule has 1 aliphatic carbocycles. The number of piperidine rings is 1. The maximum Gasteiger partial charge on any atom is 0.0443 e. The summed E-state index contributed by atoms with van der Waals surface area (Å²) in [5, 5.41) is 0. The number of halogens is 1. The van der Waals surface area contributed by atoms with Crippen LogP contribution in [0, 0.1) is 5.92 Å². The summed E-state index contributed by atoms with van der Waals surface area (Å²) in [6, 6.07) is 17.9. The molecule has 27 heavy (non-hydrogen) atoms. The van der Waals surface area contributed by atoms with Crippen LogP contribution in [0.2, 0.25) is 0 Å². The second-order valence-corrected chi connectivity index (χ2v) is 8.92. The van der Waals surface area contributed by atoms with Crippen molar-refractivity contribution in [3.05, 3.63) is 72.3 Å². The van der Waals surface area contributed by atoms with Crippen LogP contribution in [0.1, 0.15) is 37.3 Å². The van der Waals surface area contributed by atoms with Crippen LogP contribution in [0.5, 0.6) is 0 Å². The topological polar surface area (TPSA) is 15.3 Å². The van der Waals surface area contributed by atoms with Crippen LogP contribution in [-0.2, 0) is 5.41 Å². The van der Waals surface area contributed by atoms with E-state index in [0.717, 1.165) is 12.5 Å². The molecule has 1 saturated carbocycles. The van der Waals surface area contributed by atoms with Crippen LogP contribution in [0.15, 0.2) is 66.1 Å². The second kappa shape index (κ2) is 8.30. The van der Waals surface area contributed by atoms with E-state index in [0.29, 0.717) is 11.3 Å². The molecular formula is C23H29ClN2S. The van der Waals surface area contributed by atoms with Gasteiger partial charge in [-0.1, -0.05) is 44.2 Å². The van der Waals surface area contributed by atoms with Gasteiger partial charge in [0.05, 0.1) is 0 Å². The van der Waals surface area contributed by atoms with Crippen molar-refractivity contribution in [2.45, 2.75) is 36.5 Å². The molecule has 0 bridgehead atoms. The molecule has 2 atom stereocenters. The van der Waals surface area contributed by atoms with Gasteiger partial charge in [-0.25, -0.2) is 0 Å². The minimum absolute atomic E-state index is 0. The summed E-state index contributed by atoms with van der Waals surface area (Å²) in [7, 11) is 0. The highest BCUT2D eigenvalue weighted by Gasteiger charge is 2.60. The predicted molar refractivity (Wildman–Crippen MR) is 120 cm³/mol. The van der Waals surface area contributed by atoms with E-state index in [4.69, 9.17) is 0 Å². The minimum atomic E-state index is 0. The third kappa shape index (κ3) is 4.21. The number of nitrogens with zero attached hydrogens (tertiary/aromatic N) is 1. The summed E-state index contributed by atoms with van der Waals surface area (Å²) >= 11 is 1.68. The summed E-state index contributed by atoms with van der Waals surface area (Å²) in [6.07, 6.45) is 3.38. The van der Waals surface area contributed by atoms with Gasteiger partial charge in [-0.3, -0.25) is 4.90 Å². The number of hydrogen-bond donors (Lipinski definition) is 1. The average molecular weight is 401 g/mol. The summed E-state index contributed by atoms with van der Waals surface area (Å²) in [5.41, 5.74) is 4.48. The molecule has 2 aromatic rings. The number of benzene rings is 2. The molecule has 2 aliphatic rings. The lowest BCUT2D eigenvalue weighted by atomic mass is 9.95. The molecule has 144 valence electrons. The first-order valence-electron chi connectivity index (χ1n) is 9.57. The minimum Gasteiger partial charge on any atom is -0.326 e. The molecule has 0 radical (unpaired) electrons. The molecule has 1 N–H and O–H groups in total. The van der Waals surface area contributed by atoms with E-state index in [1.807, 2.05) is 6.08 Å².